The summed E-state index contributed by atoms with van der Waals surface area (Å²) in [5, 5.41) is 4.51. The normalized spacial score (nSPS) is 10.8. The van der Waals surface area contributed by atoms with Crippen LogP contribution in [0.25, 0.3) is 0 Å². The van der Waals surface area contributed by atoms with Crippen LogP contribution in [-0.4, -0.2) is 28.2 Å². The monoisotopic (exact) mass is 386 g/mol. The zero-order valence-corrected chi connectivity index (χ0v) is 17.3. The molecule has 0 atom stereocenters. The van der Waals surface area contributed by atoms with E-state index in [0.717, 1.165) is 35.5 Å². The molecule has 1 heterocycles. The fourth-order valence-electron chi connectivity index (χ4n) is 2.97. The summed E-state index contributed by atoms with van der Waals surface area (Å²) < 4.78 is 7.47. The number of aryl methyl sites for hydroxylation is 2. The molecule has 0 bridgehead atoms. The summed E-state index contributed by atoms with van der Waals surface area (Å²) >= 11 is 0. The number of ether oxygens (including phenoxy) is 1. The number of nitrogens with zero attached hydrogens (tertiary/aromatic N) is 2. The quantitative estimate of drug-likeness (QED) is 0.683. The lowest BCUT2D eigenvalue weighted by molar-refractivity contribution is -0.129. The van der Waals surface area contributed by atoms with E-state index in [1.807, 2.05) is 49.7 Å². The van der Waals surface area contributed by atoms with Gasteiger partial charge in [0.15, 0.2) is 6.61 Å². The Hall–Kier alpha value is -2.83. The zero-order valence-electron chi connectivity index (χ0n) is 17.3. The van der Waals surface area contributed by atoms with E-state index in [2.05, 4.69) is 29.8 Å². The van der Waals surface area contributed by atoms with Gasteiger partial charge in [0.25, 0.3) is 5.91 Å². The summed E-state index contributed by atoms with van der Waals surface area (Å²) in [6, 6.07) is 7.57. The number of hydrogen-bond donors (Lipinski definition) is 2. The molecule has 1 aromatic heterocycles. The molecule has 0 saturated heterocycles. The van der Waals surface area contributed by atoms with Crippen LogP contribution in [0.4, 0.5) is 0 Å². The Kier molecular flexibility index (Phi) is 7.61. The summed E-state index contributed by atoms with van der Waals surface area (Å²) in [4.78, 5) is 24.2. The van der Waals surface area contributed by atoms with E-state index in [1.54, 1.807) is 0 Å². The number of benzene rings is 1. The average molecular weight is 386 g/mol. The maximum absolute atomic E-state index is 12.2. The van der Waals surface area contributed by atoms with Crippen molar-refractivity contribution in [2.45, 2.75) is 54.0 Å². The van der Waals surface area contributed by atoms with Gasteiger partial charge in [-0.25, -0.2) is 0 Å². The molecule has 0 radical (unpaired) electrons. The minimum atomic E-state index is -0.414. The molecule has 2 aromatic rings. The van der Waals surface area contributed by atoms with E-state index >= 15 is 0 Å². The van der Waals surface area contributed by atoms with Gasteiger partial charge in [0, 0.05) is 17.8 Å². The third-order valence-electron chi connectivity index (χ3n) is 4.46. The van der Waals surface area contributed by atoms with Crippen LogP contribution in [0.15, 0.2) is 24.3 Å². The number of nitrogens with one attached hydrogen (secondary N) is 2. The number of para-hydroxylation sites is 1. The first-order valence-corrected chi connectivity index (χ1v) is 9.63. The van der Waals surface area contributed by atoms with E-state index in [4.69, 9.17) is 4.74 Å². The highest BCUT2D eigenvalue weighted by Crippen LogP contribution is 2.18. The van der Waals surface area contributed by atoms with Crippen molar-refractivity contribution in [3.05, 3.63) is 46.8 Å². The lowest BCUT2D eigenvalue weighted by Gasteiger charge is -2.11. The van der Waals surface area contributed by atoms with Gasteiger partial charge in [-0.2, -0.15) is 5.10 Å². The molecule has 0 saturated carbocycles. The van der Waals surface area contributed by atoms with Crippen LogP contribution < -0.4 is 15.6 Å². The zero-order chi connectivity index (χ0) is 20.7. The highest BCUT2D eigenvalue weighted by molar-refractivity contribution is 5.84. The van der Waals surface area contributed by atoms with Crippen LogP contribution in [-0.2, 0) is 29.0 Å². The summed E-state index contributed by atoms with van der Waals surface area (Å²) in [5.74, 6) is 0.438. The topological polar surface area (TPSA) is 85.2 Å². The first kappa shape index (κ1) is 21.5. The molecule has 7 nitrogen and oxygen atoms in total. The third kappa shape index (κ3) is 5.84. The van der Waals surface area contributed by atoms with E-state index in [1.165, 1.54) is 0 Å². The molecule has 2 N–H and O–H groups in total. The predicted octanol–water partition coefficient (Wildman–Crippen LogP) is 2.49. The largest absolute Gasteiger partial charge is 0.483 e. The van der Waals surface area contributed by atoms with Crippen LogP contribution in [0.5, 0.6) is 5.75 Å². The molecule has 0 unspecified atom stereocenters. The Morgan fingerprint density at radius 3 is 2.50 bits per heavy atom. The summed E-state index contributed by atoms with van der Waals surface area (Å²) in [6.45, 7) is 10.8. The van der Waals surface area contributed by atoms with Crippen molar-refractivity contribution in [3.8, 4) is 5.75 Å². The Labute approximate surface area is 166 Å². The Bertz CT molecular complexity index is 827. The van der Waals surface area contributed by atoms with Crippen LogP contribution in [0.1, 0.15) is 43.3 Å². The highest BCUT2D eigenvalue weighted by atomic mass is 16.5. The molecule has 28 heavy (non-hydrogen) atoms. The number of hydrogen-bond acceptors (Lipinski definition) is 4. The van der Waals surface area contributed by atoms with E-state index in [-0.39, 0.29) is 18.9 Å². The average Bonchev–Trinajstić information content (AvgIpc) is 2.91. The van der Waals surface area contributed by atoms with Gasteiger partial charge in [0.1, 0.15) is 5.75 Å². The fourth-order valence-corrected chi connectivity index (χ4v) is 2.97. The molecule has 152 valence electrons. The van der Waals surface area contributed by atoms with Crippen LogP contribution in [0.2, 0.25) is 0 Å². The van der Waals surface area contributed by atoms with Crippen molar-refractivity contribution in [1.29, 1.82) is 0 Å². The number of aromatic nitrogens is 2. The van der Waals surface area contributed by atoms with Gasteiger partial charge < -0.3 is 4.74 Å². The van der Waals surface area contributed by atoms with Crippen LogP contribution in [0, 0.1) is 19.8 Å². The number of carbonyl (C=O) groups excluding carboxylic acids is 2. The van der Waals surface area contributed by atoms with Gasteiger partial charge in [-0.15, -0.1) is 0 Å². The van der Waals surface area contributed by atoms with Crippen LogP contribution in [0.3, 0.4) is 0 Å². The Balaban J connectivity index is 1.84. The first-order chi connectivity index (χ1) is 13.3. The van der Waals surface area contributed by atoms with Gasteiger partial charge in [-0.05, 0) is 37.8 Å². The van der Waals surface area contributed by atoms with Gasteiger partial charge in [-0.1, -0.05) is 39.0 Å². The van der Waals surface area contributed by atoms with Gasteiger partial charge in [0.05, 0.1) is 12.1 Å². The smallest absolute Gasteiger partial charge is 0.276 e. The number of hydrazine groups is 1. The van der Waals surface area contributed by atoms with E-state index in [9.17, 15) is 9.59 Å². The first-order valence-electron chi connectivity index (χ1n) is 9.63. The summed E-state index contributed by atoms with van der Waals surface area (Å²) in [6.07, 6.45) is 0.979. The molecule has 1 aromatic carbocycles. The molecular weight excluding hydrogens is 356 g/mol. The highest BCUT2D eigenvalue weighted by Gasteiger charge is 2.16. The molecule has 0 spiro atoms. The van der Waals surface area contributed by atoms with Crippen molar-refractivity contribution in [1.82, 2.24) is 20.6 Å². The molecule has 0 aliphatic rings. The minimum Gasteiger partial charge on any atom is -0.483 e. The number of rotatable bonds is 8. The maximum Gasteiger partial charge on any atom is 0.276 e. The molecule has 0 aliphatic carbocycles. The van der Waals surface area contributed by atoms with Crippen molar-refractivity contribution < 1.29 is 14.3 Å². The standard InChI is InChI=1S/C21H30N4O3/c1-6-17-9-7-8-10-19(17)28-13-21(27)23-22-20(26)11-18-15(4)24-25(16(18)5)12-14(2)3/h7-10,14H,6,11-13H2,1-5H3,(H,22,26)(H,23,27). The molecular formula is C21H30N4O3. The molecule has 0 aliphatic heterocycles. The predicted molar refractivity (Wildman–Crippen MR) is 108 cm³/mol. The lowest BCUT2D eigenvalue weighted by Crippen LogP contribution is -2.44. The number of carbonyl (C=O) groups is 2. The lowest BCUT2D eigenvalue weighted by atomic mass is 10.1. The van der Waals surface area contributed by atoms with Gasteiger partial charge in [0.2, 0.25) is 5.91 Å². The Morgan fingerprint density at radius 1 is 1.14 bits per heavy atom. The third-order valence-corrected chi connectivity index (χ3v) is 4.46. The molecule has 2 rings (SSSR count). The maximum atomic E-state index is 12.2. The summed E-state index contributed by atoms with van der Waals surface area (Å²) in [7, 11) is 0. The van der Waals surface area contributed by atoms with Gasteiger partial charge in [-0.3, -0.25) is 25.1 Å². The molecule has 2 amide bonds. The van der Waals surface area contributed by atoms with Gasteiger partial charge >= 0.3 is 0 Å². The van der Waals surface area contributed by atoms with Crippen molar-refractivity contribution in [3.63, 3.8) is 0 Å². The summed E-state index contributed by atoms with van der Waals surface area (Å²) in [5.41, 5.74) is 8.57. The Morgan fingerprint density at radius 2 is 1.82 bits per heavy atom. The van der Waals surface area contributed by atoms with Crippen molar-refractivity contribution >= 4 is 11.8 Å². The second-order valence-corrected chi connectivity index (χ2v) is 7.25. The molecule has 0 fully saturated rings. The second kappa shape index (κ2) is 9.92. The second-order valence-electron chi connectivity index (χ2n) is 7.25. The number of amides is 2. The SMILES string of the molecule is CCc1ccccc1OCC(=O)NNC(=O)Cc1c(C)nn(CC(C)C)c1C. The van der Waals surface area contributed by atoms with Crippen LogP contribution >= 0.6 is 0 Å². The van der Waals surface area contributed by atoms with E-state index in [0.29, 0.717) is 11.7 Å². The minimum absolute atomic E-state index is 0.162. The van der Waals surface area contributed by atoms with Crippen molar-refractivity contribution in [2.75, 3.05) is 6.61 Å². The van der Waals surface area contributed by atoms with E-state index < -0.39 is 5.91 Å². The fraction of sp³-hybridized carbons (Fsp3) is 0.476. The molecule has 7 heteroatoms. The van der Waals surface area contributed by atoms with Crippen molar-refractivity contribution in [2.24, 2.45) is 5.92 Å².